The number of thiophene rings is 1. The molecule has 6 nitrogen and oxygen atoms in total. The minimum Gasteiger partial charge on any atom is -0.340 e. The van der Waals surface area contributed by atoms with Gasteiger partial charge in [0.05, 0.1) is 4.88 Å². The van der Waals surface area contributed by atoms with Crippen molar-refractivity contribution in [1.29, 1.82) is 0 Å². The van der Waals surface area contributed by atoms with Crippen molar-refractivity contribution in [1.82, 2.24) is 10.2 Å². The van der Waals surface area contributed by atoms with Crippen LogP contribution in [0.15, 0.2) is 72.1 Å². The Morgan fingerprint density at radius 2 is 1.64 bits per heavy atom. The van der Waals surface area contributed by atoms with Crippen molar-refractivity contribution < 1.29 is 18.8 Å². The molecule has 2 heterocycles. The number of carbonyl (C=O) groups is 3. The van der Waals surface area contributed by atoms with Crippen LogP contribution in [0.4, 0.5) is 10.1 Å². The molecule has 4 rings (SSSR count). The largest absolute Gasteiger partial charge is 0.340 e. The van der Waals surface area contributed by atoms with E-state index in [2.05, 4.69) is 10.6 Å². The van der Waals surface area contributed by atoms with Gasteiger partial charge in [0, 0.05) is 24.3 Å². The summed E-state index contributed by atoms with van der Waals surface area (Å²) < 4.78 is 13.3. The molecule has 1 aromatic heterocycles. The fraction of sp³-hybridized carbons (Fsp3) is 0.240. The van der Waals surface area contributed by atoms with Gasteiger partial charge in [0.1, 0.15) is 11.9 Å². The molecule has 1 saturated heterocycles. The van der Waals surface area contributed by atoms with Crippen LogP contribution >= 0.6 is 11.3 Å². The smallest absolute Gasteiger partial charge is 0.263 e. The van der Waals surface area contributed by atoms with Crippen molar-refractivity contribution in [3.8, 4) is 0 Å². The average molecular weight is 466 g/mol. The lowest BCUT2D eigenvalue weighted by Gasteiger charge is -2.35. The third-order valence-corrected chi connectivity index (χ3v) is 6.60. The Kier molecular flexibility index (Phi) is 7.14. The molecular formula is C25H24FN3O3S. The lowest BCUT2D eigenvalue weighted by atomic mass is 9.88. The van der Waals surface area contributed by atoms with Crippen LogP contribution in [0.3, 0.4) is 0 Å². The Hall–Kier alpha value is -3.52. The molecule has 33 heavy (non-hydrogen) atoms. The molecule has 1 unspecified atom stereocenters. The first-order chi connectivity index (χ1) is 16.0. The number of nitrogens with one attached hydrogen (secondary N) is 2. The summed E-state index contributed by atoms with van der Waals surface area (Å²) in [5.41, 5.74) is 0.910. The second kappa shape index (κ2) is 10.4. The van der Waals surface area contributed by atoms with Gasteiger partial charge in [0.15, 0.2) is 0 Å². The Morgan fingerprint density at radius 1 is 0.939 bits per heavy atom. The van der Waals surface area contributed by atoms with E-state index in [1.165, 1.54) is 35.6 Å². The van der Waals surface area contributed by atoms with Crippen molar-refractivity contribution in [2.45, 2.75) is 18.9 Å². The molecular weight excluding hydrogens is 441 g/mol. The number of rotatable bonds is 6. The number of halogens is 1. The molecule has 1 aliphatic heterocycles. The zero-order valence-corrected chi connectivity index (χ0v) is 18.7. The fourth-order valence-electron chi connectivity index (χ4n) is 3.96. The number of likely N-dealkylation sites (tertiary alicyclic amines) is 1. The first kappa shape index (κ1) is 22.7. The van der Waals surface area contributed by atoms with Gasteiger partial charge in [0.2, 0.25) is 5.91 Å². The molecule has 0 saturated carbocycles. The van der Waals surface area contributed by atoms with Crippen molar-refractivity contribution in [3.05, 3.63) is 88.4 Å². The van der Waals surface area contributed by atoms with Gasteiger partial charge >= 0.3 is 0 Å². The van der Waals surface area contributed by atoms with E-state index in [0.717, 1.165) is 0 Å². The molecule has 1 aliphatic rings. The molecule has 3 aromatic rings. The van der Waals surface area contributed by atoms with Crippen LogP contribution in [0, 0.1) is 11.7 Å². The first-order valence-corrected chi connectivity index (χ1v) is 11.6. The van der Waals surface area contributed by atoms with Crippen molar-refractivity contribution in [2.75, 3.05) is 18.4 Å². The van der Waals surface area contributed by atoms with E-state index in [1.807, 2.05) is 29.6 Å². The van der Waals surface area contributed by atoms with E-state index >= 15 is 0 Å². The Labute approximate surface area is 195 Å². The van der Waals surface area contributed by atoms with Gasteiger partial charge in [-0.1, -0.05) is 24.3 Å². The van der Waals surface area contributed by atoms with Gasteiger partial charge in [0.25, 0.3) is 11.8 Å². The second-order valence-electron chi connectivity index (χ2n) is 7.92. The summed E-state index contributed by atoms with van der Waals surface area (Å²) in [4.78, 5) is 41.1. The average Bonchev–Trinajstić information content (AvgIpc) is 3.38. The van der Waals surface area contributed by atoms with Crippen LogP contribution in [0.5, 0.6) is 0 Å². The van der Waals surface area contributed by atoms with E-state index in [9.17, 15) is 18.8 Å². The van der Waals surface area contributed by atoms with Crippen LogP contribution in [0.1, 0.15) is 32.9 Å². The number of carbonyl (C=O) groups excluding carboxylic acids is 3. The number of para-hydroxylation sites is 1. The van der Waals surface area contributed by atoms with Crippen LogP contribution < -0.4 is 10.6 Å². The fourth-order valence-corrected chi connectivity index (χ4v) is 4.65. The zero-order valence-electron chi connectivity index (χ0n) is 17.9. The Morgan fingerprint density at radius 3 is 2.27 bits per heavy atom. The summed E-state index contributed by atoms with van der Waals surface area (Å²) in [6, 6.07) is 17.1. The SMILES string of the molecule is O=C(NC(C(=O)Nc1ccccc1)C1CCN(C(=O)c2cccs2)CC1)c1ccc(F)cc1. The minimum atomic E-state index is -0.790. The first-order valence-electron chi connectivity index (χ1n) is 10.8. The third kappa shape index (κ3) is 5.64. The van der Waals surface area contributed by atoms with Gasteiger partial charge in [-0.3, -0.25) is 14.4 Å². The molecule has 0 radical (unpaired) electrons. The number of hydrogen-bond acceptors (Lipinski definition) is 4. The molecule has 3 amide bonds. The van der Waals surface area contributed by atoms with Gasteiger partial charge in [-0.15, -0.1) is 11.3 Å². The quantitative estimate of drug-likeness (QED) is 0.573. The molecule has 170 valence electrons. The van der Waals surface area contributed by atoms with Gasteiger partial charge in [-0.25, -0.2) is 4.39 Å². The maximum Gasteiger partial charge on any atom is 0.263 e. The van der Waals surface area contributed by atoms with E-state index in [1.54, 1.807) is 23.1 Å². The van der Waals surface area contributed by atoms with Crippen LogP contribution in [-0.2, 0) is 4.79 Å². The number of amides is 3. The highest BCUT2D eigenvalue weighted by atomic mass is 32.1. The Bertz CT molecular complexity index is 1100. The van der Waals surface area contributed by atoms with E-state index in [4.69, 9.17) is 0 Å². The maximum absolute atomic E-state index is 13.3. The molecule has 0 spiro atoms. The highest BCUT2D eigenvalue weighted by molar-refractivity contribution is 7.12. The number of anilines is 1. The van der Waals surface area contributed by atoms with Gasteiger partial charge < -0.3 is 15.5 Å². The molecule has 1 fully saturated rings. The number of benzene rings is 2. The summed E-state index contributed by atoms with van der Waals surface area (Å²) in [5, 5.41) is 7.58. The summed E-state index contributed by atoms with van der Waals surface area (Å²) in [6.45, 7) is 1.01. The normalized spacial score (nSPS) is 15.0. The predicted molar refractivity (Wildman–Crippen MR) is 126 cm³/mol. The molecule has 2 N–H and O–H groups in total. The summed E-state index contributed by atoms with van der Waals surface area (Å²) in [5.74, 6) is -1.36. The van der Waals surface area contributed by atoms with E-state index < -0.39 is 17.8 Å². The summed E-state index contributed by atoms with van der Waals surface area (Å²) >= 11 is 1.41. The molecule has 8 heteroatoms. The monoisotopic (exact) mass is 465 g/mol. The van der Waals surface area contributed by atoms with Crippen LogP contribution in [-0.4, -0.2) is 41.8 Å². The minimum absolute atomic E-state index is 0.0101. The zero-order chi connectivity index (χ0) is 23.2. The Balaban J connectivity index is 1.47. The van der Waals surface area contributed by atoms with Gasteiger partial charge in [-0.2, -0.15) is 0 Å². The lowest BCUT2D eigenvalue weighted by molar-refractivity contribution is -0.119. The number of piperidine rings is 1. The van der Waals surface area contributed by atoms with Crippen LogP contribution in [0.25, 0.3) is 0 Å². The lowest BCUT2D eigenvalue weighted by Crippen LogP contribution is -2.52. The topological polar surface area (TPSA) is 78.5 Å². The standard InChI is InChI=1S/C25H24FN3O3S/c26-19-10-8-18(9-11-19)23(30)28-22(24(31)27-20-5-2-1-3-6-20)17-12-14-29(15-13-17)25(32)21-7-4-16-33-21/h1-11,16-17,22H,12-15H2,(H,27,31)(H,28,30). The molecule has 2 aromatic carbocycles. The van der Waals surface area contributed by atoms with E-state index in [0.29, 0.717) is 36.5 Å². The van der Waals surface area contributed by atoms with Crippen LogP contribution in [0.2, 0.25) is 0 Å². The van der Waals surface area contributed by atoms with Gasteiger partial charge in [-0.05, 0) is 66.6 Å². The maximum atomic E-state index is 13.3. The highest BCUT2D eigenvalue weighted by Gasteiger charge is 2.34. The second-order valence-corrected chi connectivity index (χ2v) is 8.87. The number of hydrogen-bond donors (Lipinski definition) is 2. The highest BCUT2D eigenvalue weighted by Crippen LogP contribution is 2.24. The molecule has 0 aliphatic carbocycles. The molecule has 1 atom stereocenters. The summed E-state index contributed by atoms with van der Waals surface area (Å²) in [6.07, 6.45) is 1.15. The van der Waals surface area contributed by atoms with Crippen molar-refractivity contribution >= 4 is 34.7 Å². The van der Waals surface area contributed by atoms with Crippen molar-refractivity contribution in [2.24, 2.45) is 5.92 Å². The third-order valence-electron chi connectivity index (χ3n) is 5.75. The number of nitrogens with zero attached hydrogens (tertiary/aromatic N) is 1. The summed E-state index contributed by atoms with van der Waals surface area (Å²) in [7, 11) is 0. The van der Waals surface area contributed by atoms with E-state index in [-0.39, 0.29) is 23.3 Å². The van der Waals surface area contributed by atoms with Crippen molar-refractivity contribution in [3.63, 3.8) is 0 Å². The predicted octanol–water partition coefficient (Wildman–Crippen LogP) is 4.18. The molecule has 0 bridgehead atoms.